The zero-order valence-electron chi connectivity index (χ0n) is 17.8. The summed E-state index contributed by atoms with van der Waals surface area (Å²) in [6, 6.07) is 26.1. The molecule has 0 fully saturated rings. The number of Topliss-reactive ketones (excluding diaryl/α,β-unsaturated/α-hetero) is 1. The van der Waals surface area contributed by atoms with Gasteiger partial charge in [-0.05, 0) is 48.9 Å². The van der Waals surface area contributed by atoms with E-state index in [2.05, 4.69) is 32.0 Å². The Morgan fingerprint density at radius 3 is 2.19 bits per heavy atom. The van der Waals surface area contributed by atoms with Crippen LogP contribution in [-0.2, 0) is 10.2 Å². The molecule has 2 unspecified atom stereocenters. The van der Waals surface area contributed by atoms with Gasteiger partial charge in [0.1, 0.15) is 11.2 Å². The molecule has 0 saturated carbocycles. The molecule has 5 rings (SSSR count). The Morgan fingerprint density at radius 1 is 0.903 bits per heavy atom. The Hall–Kier alpha value is -3.17. The number of benzene rings is 3. The van der Waals surface area contributed by atoms with Gasteiger partial charge < -0.3 is 5.11 Å². The van der Waals surface area contributed by atoms with E-state index in [0.29, 0.717) is 5.57 Å². The van der Waals surface area contributed by atoms with Gasteiger partial charge >= 0.3 is 0 Å². The smallest absolute Gasteiger partial charge is 0.181 e. The van der Waals surface area contributed by atoms with Crippen LogP contribution in [0.1, 0.15) is 40.0 Å². The van der Waals surface area contributed by atoms with E-state index in [0.717, 1.165) is 16.0 Å². The number of allylic oxidation sites excluding steroid dienone is 2. The van der Waals surface area contributed by atoms with Crippen LogP contribution in [0.3, 0.4) is 0 Å². The van der Waals surface area contributed by atoms with Crippen molar-refractivity contribution in [1.82, 2.24) is 0 Å². The van der Waals surface area contributed by atoms with E-state index >= 15 is 0 Å². The molecule has 3 heteroatoms. The van der Waals surface area contributed by atoms with E-state index in [1.807, 2.05) is 67.6 Å². The van der Waals surface area contributed by atoms with Crippen LogP contribution in [0.15, 0.2) is 90.2 Å². The van der Waals surface area contributed by atoms with Crippen molar-refractivity contribution in [2.75, 3.05) is 0 Å². The standard InChI is InChI=1S/C28H24O2S/c1-17-14-15-22-21(16-17)18(2)25(31-22)23(19-10-6-4-7-11-19)24-26(29)28(3,27(24)30)20-12-8-5-9-13-20/h4-16,23,29H,1-3H3. The maximum atomic E-state index is 13.6. The van der Waals surface area contributed by atoms with Crippen LogP contribution in [-0.4, -0.2) is 10.9 Å². The van der Waals surface area contributed by atoms with Gasteiger partial charge in [-0.2, -0.15) is 0 Å². The quantitative estimate of drug-likeness (QED) is 0.383. The highest BCUT2D eigenvalue weighted by molar-refractivity contribution is 7.19. The molecule has 31 heavy (non-hydrogen) atoms. The summed E-state index contributed by atoms with van der Waals surface area (Å²) in [5.74, 6) is -0.0909. The van der Waals surface area contributed by atoms with Crippen molar-refractivity contribution in [1.29, 1.82) is 0 Å². The molecule has 0 bridgehead atoms. The topological polar surface area (TPSA) is 37.3 Å². The minimum absolute atomic E-state index is 0.00177. The van der Waals surface area contributed by atoms with Crippen LogP contribution in [0.4, 0.5) is 0 Å². The van der Waals surface area contributed by atoms with Crippen molar-refractivity contribution < 1.29 is 9.90 Å². The van der Waals surface area contributed by atoms with Crippen LogP contribution in [0.25, 0.3) is 10.1 Å². The number of carbonyl (C=O) groups excluding carboxylic acids is 1. The molecular formula is C28H24O2S. The lowest BCUT2D eigenvalue weighted by atomic mass is 9.60. The monoisotopic (exact) mass is 424 g/mol. The summed E-state index contributed by atoms with van der Waals surface area (Å²) in [5.41, 5.74) is 3.79. The molecule has 2 atom stereocenters. The molecule has 0 amide bonds. The van der Waals surface area contributed by atoms with Crippen molar-refractivity contribution >= 4 is 27.2 Å². The third-order valence-electron chi connectivity index (χ3n) is 6.59. The van der Waals surface area contributed by atoms with E-state index in [-0.39, 0.29) is 17.5 Å². The summed E-state index contributed by atoms with van der Waals surface area (Å²) in [6.45, 7) is 6.05. The van der Waals surface area contributed by atoms with Gasteiger partial charge in [0.25, 0.3) is 0 Å². The first-order valence-corrected chi connectivity index (χ1v) is 11.3. The zero-order valence-corrected chi connectivity index (χ0v) is 18.7. The van der Waals surface area contributed by atoms with Crippen molar-refractivity contribution in [3.63, 3.8) is 0 Å². The second kappa shape index (κ2) is 7.21. The fourth-order valence-corrected chi connectivity index (χ4v) is 6.05. The largest absolute Gasteiger partial charge is 0.510 e. The van der Waals surface area contributed by atoms with Gasteiger partial charge in [0.15, 0.2) is 5.78 Å². The number of aliphatic hydroxyl groups is 1. The lowest BCUT2D eigenvalue weighted by Gasteiger charge is -2.41. The number of aliphatic hydroxyl groups excluding tert-OH is 1. The Morgan fingerprint density at radius 2 is 1.55 bits per heavy atom. The number of thiophene rings is 1. The molecule has 0 spiro atoms. The van der Waals surface area contributed by atoms with Crippen LogP contribution >= 0.6 is 11.3 Å². The van der Waals surface area contributed by atoms with Crippen molar-refractivity contribution in [2.24, 2.45) is 0 Å². The predicted molar refractivity (Wildman–Crippen MR) is 128 cm³/mol. The van der Waals surface area contributed by atoms with Gasteiger partial charge in [0, 0.05) is 15.2 Å². The molecule has 0 saturated heterocycles. The van der Waals surface area contributed by atoms with E-state index in [1.165, 1.54) is 21.2 Å². The highest BCUT2D eigenvalue weighted by Gasteiger charge is 2.54. The number of fused-ring (bicyclic) bond motifs is 1. The third-order valence-corrected chi connectivity index (χ3v) is 7.93. The number of hydrogen-bond acceptors (Lipinski definition) is 3. The first kappa shape index (κ1) is 19.8. The lowest BCUT2D eigenvalue weighted by molar-refractivity contribution is -0.123. The van der Waals surface area contributed by atoms with E-state index in [9.17, 15) is 9.90 Å². The fourth-order valence-electron chi connectivity index (χ4n) is 4.72. The maximum absolute atomic E-state index is 13.6. The lowest BCUT2D eigenvalue weighted by Crippen LogP contribution is -2.47. The van der Waals surface area contributed by atoms with Crippen LogP contribution in [0.2, 0.25) is 0 Å². The van der Waals surface area contributed by atoms with Crippen LogP contribution in [0.5, 0.6) is 0 Å². The van der Waals surface area contributed by atoms with Gasteiger partial charge in [-0.15, -0.1) is 11.3 Å². The molecule has 0 radical (unpaired) electrons. The Bertz CT molecular complexity index is 1330. The SMILES string of the molecule is Cc1ccc2sc(C(C3=C(O)C(C)(c4ccccc4)C3=O)c3ccccc3)c(C)c2c1. The summed E-state index contributed by atoms with van der Waals surface area (Å²) in [6.07, 6.45) is 0. The molecule has 4 aromatic rings. The van der Waals surface area contributed by atoms with E-state index in [4.69, 9.17) is 0 Å². The summed E-state index contributed by atoms with van der Waals surface area (Å²) >= 11 is 1.72. The molecule has 0 aliphatic heterocycles. The molecule has 3 aromatic carbocycles. The van der Waals surface area contributed by atoms with Crippen LogP contribution < -0.4 is 0 Å². The van der Waals surface area contributed by atoms with Crippen molar-refractivity contribution in [3.05, 3.63) is 117 Å². The molecule has 1 N–H and O–H groups in total. The molecular weight excluding hydrogens is 400 g/mol. The summed E-state index contributed by atoms with van der Waals surface area (Å²) in [4.78, 5) is 14.8. The number of rotatable bonds is 4. The molecule has 1 heterocycles. The number of hydrogen-bond donors (Lipinski definition) is 1. The second-order valence-electron chi connectivity index (χ2n) is 8.52. The van der Waals surface area contributed by atoms with Gasteiger partial charge in [-0.25, -0.2) is 0 Å². The number of carbonyl (C=O) groups is 1. The summed E-state index contributed by atoms with van der Waals surface area (Å²) in [7, 11) is 0. The third kappa shape index (κ3) is 2.88. The highest BCUT2D eigenvalue weighted by Crippen LogP contribution is 2.53. The summed E-state index contributed by atoms with van der Waals surface area (Å²) in [5, 5.41) is 12.5. The predicted octanol–water partition coefficient (Wildman–Crippen LogP) is 7.00. The van der Waals surface area contributed by atoms with Gasteiger partial charge in [-0.3, -0.25) is 4.79 Å². The molecule has 154 valence electrons. The maximum Gasteiger partial charge on any atom is 0.181 e. The normalized spacial score (nSPS) is 19.5. The fraction of sp³-hybridized carbons (Fsp3) is 0.179. The average molecular weight is 425 g/mol. The first-order chi connectivity index (χ1) is 14.9. The Kier molecular flexibility index (Phi) is 4.60. The van der Waals surface area contributed by atoms with Gasteiger partial charge in [0.05, 0.1) is 5.92 Å². The average Bonchev–Trinajstić information content (AvgIpc) is 3.13. The van der Waals surface area contributed by atoms with Gasteiger partial charge in [0.2, 0.25) is 0 Å². The Labute approximate surface area is 186 Å². The number of aryl methyl sites for hydroxylation is 2. The second-order valence-corrected chi connectivity index (χ2v) is 9.60. The minimum Gasteiger partial charge on any atom is -0.510 e. The minimum atomic E-state index is -0.981. The van der Waals surface area contributed by atoms with E-state index < -0.39 is 5.41 Å². The van der Waals surface area contributed by atoms with E-state index in [1.54, 1.807) is 11.3 Å². The molecule has 1 aliphatic rings. The molecule has 1 aromatic heterocycles. The van der Waals surface area contributed by atoms with Crippen molar-refractivity contribution in [3.8, 4) is 0 Å². The first-order valence-electron chi connectivity index (χ1n) is 10.5. The number of ketones is 1. The summed E-state index contributed by atoms with van der Waals surface area (Å²) < 4.78 is 1.21. The van der Waals surface area contributed by atoms with Crippen LogP contribution in [0, 0.1) is 13.8 Å². The highest BCUT2D eigenvalue weighted by atomic mass is 32.1. The molecule has 2 nitrogen and oxygen atoms in total. The van der Waals surface area contributed by atoms with Gasteiger partial charge in [-0.1, -0.05) is 78.4 Å². The van der Waals surface area contributed by atoms with Crippen molar-refractivity contribution in [2.45, 2.75) is 32.1 Å². The Balaban J connectivity index is 1.73. The zero-order chi connectivity index (χ0) is 21.8. The molecule has 1 aliphatic carbocycles.